The predicted octanol–water partition coefficient (Wildman–Crippen LogP) is 3.36. The number of halogens is 1. The van der Waals surface area contributed by atoms with Crippen LogP contribution in [0.4, 0.5) is 5.69 Å². The first-order valence-corrected chi connectivity index (χ1v) is 5.77. The lowest BCUT2D eigenvalue weighted by molar-refractivity contribution is 0.458. The van der Waals surface area contributed by atoms with Crippen LogP contribution in [-0.4, -0.2) is 9.38 Å². The number of rotatable bonds is 2. The summed E-state index contributed by atoms with van der Waals surface area (Å²) >= 11 is 5.85. The smallest absolute Gasteiger partial charge is 0.205 e. The van der Waals surface area contributed by atoms with Crippen molar-refractivity contribution in [3.63, 3.8) is 0 Å². The van der Waals surface area contributed by atoms with E-state index in [2.05, 4.69) is 4.98 Å². The van der Waals surface area contributed by atoms with Crippen molar-refractivity contribution < 1.29 is 4.74 Å². The van der Waals surface area contributed by atoms with Gasteiger partial charge in [-0.1, -0.05) is 17.7 Å². The van der Waals surface area contributed by atoms with E-state index in [0.717, 1.165) is 5.65 Å². The summed E-state index contributed by atoms with van der Waals surface area (Å²) in [5.74, 6) is 1.22. The van der Waals surface area contributed by atoms with Gasteiger partial charge in [0, 0.05) is 17.4 Å². The lowest BCUT2D eigenvalue weighted by Gasteiger charge is -2.10. The SMILES string of the molecule is Nc1cc(Cl)ccc1Oc1cccc2nccn12. The quantitative estimate of drug-likeness (QED) is 0.718. The van der Waals surface area contributed by atoms with Gasteiger partial charge >= 0.3 is 0 Å². The first-order valence-electron chi connectivity index (χ1n) is 5.39. The molecule has 0 bridgehead atoms. The van der Waals surface area contributed by atoms with Gasteiger partial charge in [-0.25, -0.2) is 4.98 Å². The molecule has 0 unspecified atom stereocenters. The van der Waals surface area contributed by atoms with Crippen LogP contribution >= 0.6 is 11.6 Å². The molecule has 3 rings (SSSR count). The number of nitrogens with zero attached hydrogens (tertiary/aromatic N) is 2. The van der Waals surface area contributed by atoms with Crippen LogP contribution in [0, 0.1) is 0 Å². The summed E-state index contributed by atoms with van der Waals surface area (Å²) in [5.41, 5.74) is 7.17. The van der Waals surface area contributed by atoms with E-state index >= 15 is 0 Å². The zero-order valence-electron chi connectivity index (χ0n) is 9.38. The zero-order chi connectivity index (χ0) is 12.5. The third-order valence-corrected chi connectivity index (χ3v) is 2.81. The number of benzene rings is 1. The summed E-state index contributed by atoms with van der Waals surface area (Å²) in [6.45, 7) is 0. The molecule has 4 nitrogen and oxygen atoms in total. The van der Waals surface area contributed by atoms with Crippen molar-refractivity contribution in [1.82, 2.24) is 9.38 Å². The molecule has 2 aromatic heterocycles. The Morgan fingerprint density at radius 1 is 1.22 bits per heavy atom. The predicted molar refractivity (Wildman–Crippen MR) is 71.1 cm³/mol. The van der Waals surface area contributed by atoms with Gasteiger partial charge in [-0.15, -0.1) is 0 Å². The molecular formula is C13H10ClN3O. The van der Waals surface area contributed by atoms with Gasteiger partial charge in [0.1, 0.15) is 5.65 Å². The molecule has 0 saturated heterocycles. The number of anilines is 1. The van der Waals surface area contributed by atoms with Gasteiger partial charge in [-0.2, -0.15) is 0 Å². The van der Waals surface area contributed by atoms with Gasteiger partial charge in [-0.3, -0.25) is 4.40 Å². The summed E-state index contributed by atoms with van der Waals surface area (Å²) in [6, 6.07) is 10.8. The molecule has 5 heteroatoms. The number of nitrogens with two attached hydrogens (primary N) is 1. The van der Waals surface area contributed by atoms with Crippen LogP contribution in [0.25, 0.3) is 5.65 Å². The molecule has 0 amide bonds. The Labute approximate surface area is 109 Å². The summed E-state index contributed by atoms with van der Waals surface area (Å²) in [6.07, 6.45) is 3.55. The Bertz CT molecular complexity index is 708. The number of pyridine rings is 1. The number of hydrogen-bond donors (Lipinski definition) is 1. The van der Waals surface area contributed by atoms with Gasteiger partial charge < -0.3 is 10.5 Å². The highest BCUT2D eigenvalue weighted by Gasteiger charge is 2.06. The molecule has 0 radical (unpaired) electrons. The van der Waals surface area contributed by atoms with Crippen molar-refractivity contribution in [2.75, 3.05) is 5.73 Å². The maximum absolute atomic E-state index is 5.85. The van der Waals surface area contributed by atoms with Gasteiger partial charge in [-0.05, 0) is 30.3 Å². The average Bonchev–Trinajstić information content (AvgIpc) is 2.82. The van der Waals surface area contributed by atoms with Crippen LogP contribution < -0.4 is 10.5 Å². The maximum atomic E-state index is 5.85. The Kier molecular flexibility index (Phi) is 2.57. The maximum Gasteiger partial charge on any atom is 0.205 e. The molecule has 2 N–H and O–H groups in total. The molecule has 0 aliphatic rings. The molecule has 90 valence electrons. The lowest BCUT2D eigenvalue weighted by atomic mass is 10.3. The molecule has 0 aliphatic carbocycles. The monoisotopic (exact) mass is 259 g/mol. The Morgan fingerprint density at radius 2 is 2.11 bits per heavy atom. The molecule has 0 fully saturated rings. The highest BCUT2D eigenvalue weighted by molar-refractivity contribution is 6.30. The molecule has 1 aromatic carbocycles. The second-order valence-corrected chi connectivity index (χ2v) is 4.24. The number of fused-ring (bicyclic) bond motifs is 1. The van der Waals surface area contributed by atoms with E-state index in [4.69, 9.17) is 22.1 Å². The standard InChI is InChI=1S/C13H10ClN3O/c14-9-4-5-11(10(15)8-9)18-13-3-1-2-12-16-6-7-17(12)13/h1-8H,15H2. The van der Waals surface area contributed by atoms with Crippen LogP contribution in [0.15, 0.2) is 48.8 Å². The van der Waals surface area contributed by atoms with E-state index in [1.165, 1.54) is 0 Å². The van der Waals surface area contributed by atoms with Crippen molar-refractivity contribution in [2.24, 2.45) is 0 Å². The second kappa shape index (κ2) is 4.23. The van der Waals surface area contributed by atoms with E-state index < -0.39 is 0 Å². The number of nitrogen functional groups attached to an aromatic ring is 1. The van der Waals surface area contributed by atoms with Gasteiger partial charge in [0.05, 0.1) is 5.69 Å². The zero-order valence-corrected chi connectivity index (χ0v) is 10.1. The minimum absolute atomic E-state index is 0.500. The Balaban J connectivity index is 2.03. The van der Waals surface area contributed by atoms with E-state index in [9.17, 15) is 0 Å². The summed E-state index contributed by atoms with van der Waals surface area (Å²) < 4.78 is 7.62. The third-order valence-electron chi connectivity index (χ3n) is 2.58. The largest absolute Gasteiger partial charge is 0.438 e. The third kappa shape index (κ3) is 1.87. The number of ether oxygens (including phenoxy) is 1. The summed E-state index contributed by atoms with van der Waals surface area (Å²) in [7, 11) is 0. The fraction of sp³-hybridized carbons (Fsp3) is 0. The lowest BCUT2D eigenvalue weighted by Crippen LogP contribution is -1.96. The molecular weight excluding hydrogens is 250 g/mol. The molecule has 0 aliphatic heterocycles. The van der Waals surface area contributed by atoms with Crippen molar-refractivity contribution in [2.45, 2.75) is 0 Å². The van der Waals surface area contributed by atoms with Crippen molar-refractivity contribution in [1.29, 1.82) is 0 Å². The fourth-order valence-corrected chi connectivity index (χ4v) is 1.91. The Hall–Kier alpha value is -2.20. The molecule has 0 spiro atoms. The number of hydrogen-bond acceptors (Lipinski definition) is 3. The van der Waals surface area contributed by atoms with Crippen LogP contribution in [-0.2, 0) is 0 Å². The van der Waals surface area contributed by atoms with Crippen LogP contribution in [0.5, 0.6) is 11.6 Å². The summed E-state index contributed by atoms with van der Waals surface area (Å²) in [5, 5.41) is 0.584. The first-order chi connectivity index (χ1) is 8.74. The number of imidazole rings is 1. The molecule has 2 heterocycles. The van der Waals surface area contributed by atoms with Crippen LogP contribution in [0.1, 0.15) is 0 Å². The highest BCUT2D eigenvalue weighted by Crippen LogP contribution is 2.29. The van der Waals surface area contributed by atoms with E-state index in [0.29, 0.717) is 22.3 Å². The summed E-state index contributed by atoms with van der Waals surface area (Å²) in [4.78, 5) is 4.19. The minimum Gasteiger partial charge on any atom is -0.438 e. The molecule has 3 aromatic rings. The van der Waals surface area contributed by atoms with Crippen molar-refractivity contribution in [3.05, 3.63) is 53.8 Å². The van der Waals surface area contributed by atoms with Gasteiger partial charge in [0.15, 0.2) is 5.75 Å². The molecule has 0 saturated carbocycles. The Morgan fingerprint density at radius 3 is 2.94 bits per heavy atom. The molecule has 18 heavy (non-hydrogen) atoms. The van der Waals surface area contributed by atoms with Gasteiger partial charge in [0.25, 0.3) is 0 Å². The van der Waals surface area contributed by atoms with Gasteiger partial charge in [0.2, 0.25) is 5.88 Å². The van der Waals surface area contributed by atoms with Crippen molar-refractivity contribution in [3.8, 4) is 11.6 Å². The normalized spacial score (nSPS) is 10.7. The number of aromatic nitrogens is 2. The van der Waals surface area contributed by atoms with Crippen LogP contribution in [0.2, 0.25) is 5.02 Å². The van der Waals surface area contributed by atoms with Crippen LogP contribution in [0.3, 0.4) is 0 Å². The highest BCUT2D eigenvalue weighted by atomic mass is 35.5. The van der Waals surface area contributed by atoms with E-state index in [1.807, 2.05) is 28.8 Å². The van der Waals surface area contributed by atoms with E-state index in [-0.39, 0.29) is 0 Å². The van der Waals surface area contributed by atoms with E-state index in [1.54, 1.807) is 24.4 Å². The average molecular weight is 260 g/mol. The van der Waals surface area contributed by atoms with Crippen molar-refractivity contribution >= 4 is 22.9 Å². The fourth-order valence-electron chi connectivity index (χ4n) is 1.73. The first kappa shape index (κ1) is 10.9. The second-order valence-electron chi connectivity index (χ2n) is 3.80. The molecule has 0 atom stereocenters. The minimum atomic E-state index is 0.500. The topological polar surface area (TPSA) is 52.5 Å².